The molecule has 204 valence electrons. The van der Waals surface area contributed by atoms with Gasteiger partial charge in [0.1, 0.15) is 11.8 Å². The van der Waals surface area contributed by atoms with Crippen molar-refractivity contribution >= 4 is 40.7 Å². The second kappa shape index (κ2) is 11.8. The van der Waals surface area contributed by atoms with Crippen LogP contribution >= 0.6 is 22.9 Å². The molecular weight excluding hydrogens is 546 g/mol. The Balaban J connectivity index is 2.03. The van der Waals surface area contributed by atoms with E-state index in [4.69, 9.17) is 30.8 Å². The number of benzene rings is 2. The van der Waals surface area contributed by atoms with Crippen LogP contribution in [-0.4, -0.2) is 36.3 Å². The number of allylic oxidation sites excluding steroid dienone is 1. The Morgan fingerprint density at radius 1 is 1.18 bits per heavy atom. The van der Waals surface area contributed by atoms with Gasteiger partial charge in [0.2, 0.25) is 0 Å². The maximum atomic E-state index is 13.9. The van der Waals surface area contributed by atoms with Crippen molar-refractivity contribution in [1.82, 2.24) is 4.57 Å². The fourth-order valence-corrected chi connectivity index (χ4v) is 5.63. The zero-order valence-electron chi connectivity index (χ0n) is 21.7. The summed E-state index contributed by atoms with van der Waals surface area (Å²) in [6.45, 7) is 3.81. The van der Waals surface area contributed by atoms with Crippen molar-refractivity contribution < 1.29 is 23.9 Å². The average Bonchev–Trinajstić information content (AvgIpc) is 3.22. The van der Waals surface area contributed by atoms with Gasteiger partial charge in [-0.3, -0.25) is 19.5 Å². The smallest absolute Gasteiger partial charge is 0.338 e. The lowest BCUT2D eigenvalue weighted by Crippen LogP contribution is -2.40. The highest BCUT2D eigenvalue weighted by atomic mass is 35.5. The molecular formula is C27H26ClN3O7S. The standard InChI is InChI=1S/C27H26ClN3O7S/c1-5-7-18-23(26(33)38-6-2)24(17-14-16(28)9-11-20(17)36-3)30-25(32)22(39-27(30)29-18)13-15-8-10-21(37-4)19(12-15)31(34)35/h8-14,24H,5-7H2,1-4H3/b22-13+/t24-/m1/s1. The lowest BCUT2D eigenvalue weighted by atomic mass is 9.93. The number of thiazole rings is 1. The lowest BCUT2D eigenvalue weighted by Gasteiger charge is -2.27. The summed E-state index contributed by atoms with van der Waals surface area (Å²) in [5.41, 5.74) is 1.03. The van der Waals surface area contributed by atoms with Crippen LogP contribution in [0.15, 0.2) is 57.5 Å². The molecule has 0 radical (unpaired) electrons. The van der Waals surface area contributed by atoms with Crippen LogP contribution in [0.3, 0.4) is 0 Å². The summed E-state index contributed by atoms with van der Waals surface area (Å²) >= 11 is 7.48. The van der Waals surface area contributed by atoms with Crippen molar-refractivity contribution in [3.63, 3.8) is 0 Å². The van der Waals surface area contributed by atoms with Crippen LogP contribution in [0.5, 0.6) is 11.5 Å². The maximum Gasteiger partial charge on any atom is 0.338 e. The zero-order valence-corrected chi connectivity index (χ0v) is 23.3. The molecule has 0 spiro atoms. The molecule has 1 aliphatic heterocycles. The Hall–Kier alpha value is -3.96. The quantitative estimate of drug-likeness (QED) is 0.215. The first-order chi connectivity index (χ1) is 18.7. The number of fused-ring (bicyclic) bond motifs is 1. The highest BCUT2D eigenvalue weighted by Gasteiger charge is 2.36. The Kier molecular flexibility index (Phi) is 8.51. The van der Waals surface area contributed by atoms with E-state index in [0.717, 1.165) is 11.3 Å². The minimum atomic E-state index is -0.914. The van der Waals surface area contributed by atoms with E-state index in [1.807, 2.05) is 6.92 Å². The molecule has 0 fully saturated rings. The molecule has 3 aromatic rings. The van der Waals surface area contributed by atoms with Gasteiger partial charge in [0.25, 0.3) is 5.56 Å². The predicted octanol–water partition coefficient (Wildman–Crippen LogP) is 4.16. The first-order valence-electron chi connectivity index (χ1n) is 12.1. The number of nitro groups is 1. The fraction of sp³-hybridized carbons (Fsp3) is 0.296. The molecule has 0 bridgehead atoms. The van der Waals surface area contributed by atoms with Crippen LogP contribution in [0.4, 0.5) is 5.69 Å². The molecule has 0 unspecified atom stereocenters. The number of rotatable bonds is 9. The van der Waals surface area contributed by atoms with Crippen molar-refractivity contribution in [1.29, 1.82) is 0 Å². The van der Waals surface area contributed by atoms with Gasteiger partial charge in [0.05, 0.1) is 41.6 Å². The largest absolute Gasteiger partial charge is 0.496 e. The molecule has 1 aromatic heterocycles. The van der Waals surface area contributed by atoms with E-state index in [-0.39, 0.29) is 28.1 Å². The van der Waals surface area contributed by atoms with Crippen molar-refractivity contribution in [3.05, 3.63) is 93.6 Å². The number of ether oxygens (including phenoxy) is 3. The molecule has 0 N–H and O–H groups in total. The SMILES string of the molecule is CCCC1=C(C(=O)OCC)[C@@H](c2cc(Cl)ccc2OC)n2c(s/c(=C/c3ccc(OC)c([N+](=O)[O-])c3)c2=O)=N1. The third-order valence-electron chi connectivity index (χ3n) is 6.08. The first-order valence-corrected chi connectivity index (χ1v) is 13.3. The van der Waals surface area contributed by atoms with Crippen LogP contribution in [-0.2, 0) is 9.53 Å². The Bertz CT molecular complexity index is 1660. The topological polar surface area (TPSA) is 122 Å². The van der Waals surface area contributed by atoms with Gasteiger partial charge < -0.3 is 14.2 Å². The Morgan fingerprint density at radius 3 is 2.54 bits per heavy atom. The van der Waals surface area contributed by atoms with Gasteiger partial charge in [0.15, 0.2) is 10.6 Å². The van der Waals surface area contributed by atoms with Gasteiger partial charge >= 0.3 is 11.7 Å². The molecule has 1 aliphatic rings. The number of carbonyl (C=O) groups is 1. The number of hydrogen-bond acceptors (Lipinski definition) is 9. The van der Waals surface area contributed by atoms with E-state index in [1.165, 1.54) is 30.9 Å². The molecule has 10 nitrogen and oxygen atoms in total. The van der Waals surface area contributed by atoms with E-state index < -0.39 is 22.5 Å². The summed E-state index contributed by atoms with van der Waals surface area (Å²) in [4.78, 5) is 43.3. The molecule has 1 atom stereocenters. The molecule has 0 aliphatic carbocycles. The Labute approximate surface area is 232 Å². The van der Waals surface area contributed by atoms with Gasteiger partial charge in [-0.05, 0) is 49.2 Å². The third-order valence-corrected chi connectivity index (χ3v) is 7.29. The summed E-state index contributed by atoms with van der Waals surface area (Å²) in [6.07, 6.45) is 2.73. The van der Waals surface area contributed by atoms with Crippen LogP contribution in [0.25, 0.3) is 6.08 Å². The van der Waals surface area contributed by atoms with Gasteiger partial charge in [-0.15, -0.1) is 0 Å². The summed E-state index contributed by atoms with van der Waals surface area (Å²) in [6, 6.07) is 8.50. The van der Waals surface area contributed by atoms with Crippen LogP contribution in [0, 0.1) is 10.1 Å². The minimum Gasteiger partial charge on any atom is -0.496 e. The van der Waals surface area contributed by atoms with Crippen LogP contribution in [0.1, 0.15) is 43.9 Å². The Morgan fingerprint density at radius 2 is 1.90 bits per heavy atom. The monoisotopic (exact) mass is 571 g/mol. The molecule has 39 heavy (non-hydrogen) atoms. The minimum absolute atomic E-state index is 0.106. The second-order valence-electron chi connectivity index (χ2n) is 8.49. The number of nitro benzene ring substituents is 1. The fourth-order valence-electron chi connectivity index (χ4n) is 4.42. The van der Waals surface area contributed by atoms with Crippen LogP contribution < -0.4 is 24.4 Å². The van der Waals surface area contributed by atoms with Crippen molar-refractivity contribution in [2.75, 3.05) is 20.8 Å². The van der Waals surface area contributed by atoms with Crippen LogP contribution in [0.2, 0.25) is 5.02 Å². The summed E-state index contributed by atoms with van der Waals surface area (Å²) in [5.74, 6) is -0.0453. The van der Waals surface area contributed by atoms with Crippen molar-refractivity contribution in [3.8, 4) is 11.5 Å². The first kappa shape index (κ1) is 28.1. The lowest BCUT2D eigenvalue weighted by molar-refractivity contribution is -0.385. The number of nitrogens with zero attached hydrogens (tertiary/aromatic N) is 3. The molecule has 0 amide bonds. The molecule has 0 saturated carbocycles. The van der Waals surface area contributed by atoms with Gasteiger partial charge in [-0.25, -0.2) is 9.79 Å². The predicted molar refractivity (Wildman–Crippen MR) is 147 cm³/mol. The normalized spacial score (nSPS) is 15.0. The second-order valence-corrected chi connectivity index (χ2v) is 9.93. The molecule has 4 rings (SSSR count). The summed E-state index contributed by atoms with van der Waals surface area (Å²) in [7, 11) is 2.84. The highest BCUT2D eigenvalue weighted by molar-refractivity contribution is 7.07. The van der Waals surface area contributed by atoms with Gasteiger partial charge in [0, 0.05) is 16.7 Å². The van der Waals surface area contributed by atoms with E-state index >= 15 is 0 Å². The number of esters is 1. The zero-order chi connectivity index (χ0) is 28.3. The number of aromatic nitrogens is 1. The molecule has 0 saturated heterocycles. The van der Waals surface area contributed by atoms with Crippen molar-refractivity contribution in [2.45, 2.75) is 32.7 Å². The average molecular weight is 572 g/mol. The number of carbonyl (C=O) groups excluding carboxylic acids is 1. The molecule has 12 heteroatoms. The summed E-state index contributed by atoms with van der Waals surface area (Å²) in [5, 5.41) is 11.9. The van der Waals surface area contributed by atoms with Crippen molar-refractivity contribution in [2.24, 2.45) is 4.99 Å². The van der Waals surface area contributed by atoms with E-state index in [2.05, 4.69) is 0 Å². The summed E-state index contributed by atoms with van der Waals surface area (Å²) < 4.78 is 17.8. The molecule has 2 aromatic carbocycles. The maximum absolute atomic E-state index is 13.9. The third kappa shape index (κ3) is 5.45. The highest BCUT2D eigenvalue weighted by Crippen LogP contribution is 2.38. The number of halogens is 1. The van der Waals surface area contributed by atoms with E-state index in [0.29, 0.717) is 45.2 Å². The number of methoxy groups -OCH3 is 2. The van der Waals surface area contributed by atoms with Gasteiger partial charge in [-0.1, -0.05) is 42.3 Å². The molecule has 2 heterocycles. The van der Waals surface area contributed by atoms with E-state index in [1.54, 1.807) is 37.3 Å². The van der Waals surface area contributed by atoms with E-state index in [9.17, 15) is 19.7 Å². The number of hydrogen-bond donors (Lipinski definition) is 0. The van der Waals surface area contributed by atoms with Gasteiger partial charge in [-0.2, -0.15) is 0 Å².